The highest BCUT2D eigenvalue weighted by Gasteiger charge is 2.22. The zero-order chi connectivity index (χ0) is 17.5. The van der Waals surface area contributed by atoms with Crippen molar-refractivity contribution in [2.75, 3.05) is 13.6 Å². The molecular formula is C17H33IN4O2. The summed E-state index contributed by atoms with van der Waals surface area (Å²) >= 11 is 0. The lowest BCUT2D eigenvalue weighted by Gasteiger charge is -2.27. The van der Waals surface area contributed by atoms with Crippen LogP contribution >= 0.6 is 24.0 Å². The Bertz CT molecular complexity index is 436. The molecule has 1 unspecified atom stereocenters. The molecule has 140 valence electrons. The van der Waals surface area contributed by atoms with Crippen LogP contribution in [0, 0.1) is 5.92 Å². The molecule has 0 radical (unpaired) electrons. The van der Waals surface area contributed by atoms with Gasteiger partial charge in [0.2, 0.25) is 0 Å². The highest BCUT2D eigenvalue weighted by atomic mass is 127. The molecule has 0 fully saturated rings. The largest absolute Gasteiger partial charge is 0.444 e. The van der Waals surface area contributed by atoms with Gasteiger partial charge in [0, 0.05) is 19.6 Å². The van der Waals surface area contributed by atoms with Gasteiger partial charge >= 0.3 is 6.09 Å². The first-order valence-electron chi connectivity index (χ1n) is 8.33. The van der Waals surface area contributed by atoms with E-state index < -0.39 is 5.60 Å². The predicted molar refractivity (Wildman–Crippen MR) is 110 cm³/mol. The number of carbonyl (C=O) groups is 1. The van der Waals surface area contributed by atoms with Crippen molar-refractivity contribution in [1.82, 2.24) is 16.0 Å². The lowest BCUT2D eigenvalue weighted by atomic mass is 10.0. The standard InChI is InChI=1S/C17H32N4O2.HI/c1-12(2)14(21-16(22)23-17(3,4)5)11-19-15(18-6)20-13-9-7-8-10-13;/h7-8,12-14H,9-11H2,1-6H3,(H,21,22)(H2,18,19,20);1H. The zero-order valence-corrected chi connectivity index (χ0v) is 18.0. The van der Waals surface area contributed by atoms with Crippen LogP contribution in [0.25, 0.3) is 0 Å². The van der Waals surface area contributed by atoms with Crippen molar-refractivity contribution in [3.8, 4) is 0 Å². The average molecular weight is 452 g/mol. The van der Waals surface area contributed by atoms with Gasteiger partial charge in [0.05, 0.1) is 6.04 Å². The van der Waals surface area contributed by atoms with E-state index in [4.69, 9.17) is 4.74 Å². The van der Waals surface area contributed by atoms with Crippen molar-refractivity contribution >= 4 is 36.0 Å². The fraction of sp³-hybridized carbons (Fsp3) is 0.765. The SMILES string of the molecule is CN=C(NCC(NC(=O)OC(C)(C)C)C(C)C)NC1CC=CC1.I. The number of guanidine groups is 1. The molecule has 0 saturated heterocycles. The van der Waals surface area contributed by atoms with Crippen molar-refractivity contribution < 1.29 is 9.53 Å². The Morgan fingerprint density at radius 3 is 2.33 bits per heavy atom. The topological polar surface area (TPSA) is 74.8 Å². The molecular weight excluding hydrogens is 419 g/mol. The van der Waals surface area contributed by atoms with E-state index in [-0.39, 0.29) is 42.0 Å². The summed E-state index contributed by atoms with van der Waals surface area (Å²) in [5.41, 5.74) is -0.494. The Balaban J connectivity index is 0.00000529. The van der Waals surface area contributed by atoms with Crippen LogP contribution in [0.5, 0.6) is 0 Å². The molecule has 0 aromatic carbocycles. The van der Waals surface area contributed by atoms with Gasteiger partial charge in [0.1, 0.15) is 5.60 Å². The highest BCUT2D eigenvalue weighted by molar-refractivity contribution is 14.0. The van der Waals surface area contributed by atoms with Gasteiger partial charge in [-0.2, -0.15) is 0 Å². The third kappa shape index (κ3) is 9.34. The van der Waals surface area contributed by atoms with E-state index in [9.17, 15) is 4.79 Å². The van der Waals surface area contributed by atoms with E-state index in [1.54, 1.807) is 7.05 Å². The molecule has 24 heavy (non-hydrogen) atoms. The Morgan fingerprint density at radius 1 is 1.29 bits per heavy atom. The lowest BCUT2D eigenvalue weighted by molar-refractivity contribution is 0.0491. The number of rotatable bonds is 5. The molecule has 1 rings (SSSR count). The summed E-state index contributed by atoms with van der Waals surface area (Å²) in [7, 11) is 1.75. The van der Waals surface area contributed by atoms with Gasteiger partial charge in [-0.1, -0.05) is 26.0 Å². The summed E-state index contributed by atoms with van der Waals surface area (Å²) in [6.07, 6.45) is 5.99. The number of ether oxygens (including phenoxy) is 1. The van der Waals surface area contributed by atoms with Gasteiger partial charge in [-0.05, 0) is 39.5 Å². The first kappa shape index (κ1) is 23.0. The van der Waals surface area contributed by atoms with Crippen LogP contribution in [0.15, 0.2) is 17.1 Å². The average Bonchev–Trinajstić information content (AvgIpc) is 2.92. The summed E-state index contributed by atoms with van der Waals surface area (Å²) in [5.74, 6) is 1.04. The second-order valence-corrected chi connectivity index (χ2v) is 7.23. The van der Waals surface area contributed by atoms with E-state index in [2.05, 4.69) is 46.9 Å². The third-order valence-electron chi connectivity index (χ3n) is 3.57. The zero-order valence-electron chi connectivity index (χ0n) is 15.7. The van der Waals surface area contributed by atoms with E-state index in [0.717, 1.165) is 18.8 Å². The highest BCUT2D eigenvalue weighted by Crippen LogP contribution is 2.10. The maximum Gasteiger partial charge on any atom is 0.407 e. The van der Waals surface area contributed by atoms with Crippen molar-refractivity contribution in [1.29, 1.82) is 0 Å². The summed E-state index contributed by atoms with van der Waals surface area (Å²) in [6, 6.07) is 0.364. The number of alkyl carbamates (subject to hydrolysis) is 1. The molecule has 0 bridgehead atoms. The minimum Gasteiger partial charge on any atom is -0.444 e. The predicted octanol–water partition coefficient (Wildman–Crippen LogP) is 3.04. The Labute approximate surface area is 163 Å². The number of hydrogen-bond donors (Lipinski definition) is 3. The fourth-order valence-corrected chi connectivity index (χ4v) is 2.24. The van der Waals surface area contributed by atoms with Gasteiger partial charge < -0.3 is 20.7 Å². The minimum atomic E-state index is -0.494. The van der Waals surface area contributed by atoms with Crippen molar-refractivity contribution in [2.24, 2.45) is 10.9 Å². The number of nitrogens with one attached hydrogen (secondary N) is 3. The van der Waals surface area contributed by atoms with Crippen LogP contribution < -0.4 is 16.0 Å². The quantitative estimate of drug-likeness (QED) is 0.260. The molecule has 1 aliphatic carbocycles. The van der Waals surface area contributed by atoms with Crippen LogP contribution in [0.2, 0.25) is 0 Å². The molecule has 1 amide bonds. The summed E-state index contributed by atoms with van der Waals surface area (Å²) in [5, 5.41) is 9.60. The number of amides is 1. The van der Waals surface area contributed by atoms with Crippen LogP contribution in [0.1, 0.15) is 47.5 Å². The molecule has 0 aromatic heterocycles. The number of halogens is 1. The Kier molecular flexibility index (Phi) is 10.3. The van der Waals surface area contributed by atoms with Crippen molar-refractivity contribution in [3.63, 3.8) is 0 Å². The van der Waals surface area contributed by atoms with Crippen LogP contribution in [-0.2, 0) is 4.74 Å². The van der Waals surface area contributed by atoms with E-state index in [1.807, 2.05) is 20.8 Å². The number of aliphatic imine (C=N–C) groups is 1. The van der Waals surface area contributed by atoms with E-state index in [1.165, 1.54) is 0 Å². The van der Waals surface area contributed by atoms with Gasteiger partial charge in [-0.25, -0.2) is 4.79 Å². The first-order chi connectivity index (χ1) is 10.7. The smallest absolute Gasteiger partial charge is 0.407 e. The first-order valence-corrected chi connectivity index (χ1v) is 8.33. The number of nitrogens with zero attached hydrogens (tertiary/aromatic N) is 1. The van der Waals surface area contributed by atoms with Crippen molar-refractivity contribution in [3.05, 3.63) is 12.2 Å². The van der Waals surface area contributed by atoms with Crippen LogP contribution in [0.4, 0.5) is 4.79 Å². The molecule has 0 spiro atoms. The molecule has 7 heteroatoms. The summed E-state index contributed by atoms with van der Waals surface area (Å²) in [4.78, 5) is 16.2. The van der Waals surface area contributed by atoms with Crippen LogP contribution in [-0.4, -0.2) is 43.3 Å². The molecule has 0 aliphatic heterocycles. The molecule has 0 saturated carbocycles. The monoisotopic (exact) mass is 452 g/mol. The van der Waals surface area contributed by atoms with Gasteiger partial charge in [-0.15, -0.1) is 24.0 Å². The van der Waals surface area contributed by atoms with E-state index in [0.29, 0.717) is 12.6 Å². The molecule has 6 nitrogen and oxygen atoms in total. The minimum absolute atomic E-state index is 0. The van der Waals surface area contributed by atoms with Crippen molar-refractivity contribution in [2.45, 2.75) is 65.1 Å². The van der Waals surface area contributed by atoms with Gasteiger partial charge in [0.25, 0.3) is 0 Å². The summed E-state index contributed by atoms with van der Waals surface area (Å²) in [6.45, 7) is 10.3. The maximum atomic E-state index is 12.0. The number of carbonyl (C=O) groups excluding carboxylic acids is 1. The normalized spacial score (nSPS) is 16.5. The Hall–Kier alpha value is -0.990. The lowest BCUT2D eigenvalue weighted by Crippen LogP contribution is -2.51. The van der Waals surface area contributed by atoms with Gasteiger partial charge in [0.15, 0.2) is 5.96 Å². The molecule has 0 heterocycles. The molecule has 3 N–H and O–H groups in total. The van der Waals surface area contributed by atoms with E-state index >= 15 is 0 Å². The Morgan fingerprint density at radius 2 is 1.88 bits per heavy atom. The molecule has 1 atom stereocenters. The second kappa shape index (κ2) is 10.8. The molecule has 0 aromatic rings. The fourth-order valence-electron chi connectivity index (χ4n) is 2.24. The van der Waals surface area contributed by atoms with Gasteiger partial charge in [-0.3, -0.25) is 4.99 Å². The summed E-state index contributed by atoms with van der Waals surface area (Å²) < 4.78 is 5.33. The molecule has 1 aliphatic rings. The van der Waals surface area contributed by atoms with Crippen LogP contribution in [0.3, 0.4) is 0 Å². The number of hydrogen-bond acceptors (Lipinski definition) is 3. The maximum absolute atomic E-state index is 12.0. The second-order valence-electron chi connectivity index (χ2n) is 7.23. The third-order valence-corrected chi connectivity index (χ3v) is 3.57.